The summed E-state index contributed by atoms with van der Waals surface area (Å²) in [5, 5.41) is 13.0. The number of hydrogen-bond acceptors (Lipinski definition) is 2. The van der Waals surface area contributed by atoms with Crippen molar-refractivity contribution in [3.63, 3.8) is 0 Å². The Bertz CT molecular complexity index is 498. The van der Waals surface area contributed by atoms with Crippen molar-refractivity contribution in [2.45, 2.75) is 13.2 Å². The maximum Gasteiger partial charge on any atom is 0.146 e. The van der Waals surface area contributed by atoms with Crippen LogP contribution in [0.25, 0.3) is 0 Å². The van der Waals surface area contributed by atoms with E-state index in [0.29, 0.717) is 17.7 Å². The molecule has 1 heterocycles. The minimum absolute atomic E-state index is 0.0714. The summed E-state index contributed by atoms with van der Waals surface area (Å²) in [6.45, 7) is 0.227. The third-order valence-corrected chi connectivity index (χ3v) is 2.53. The minimum atomic E-state index is -0.426. The molecule has 0 saturated carbocycles. The molecule has 84 valence electrons. The molecule has 0 unspecified atom stereocenters. The highest BCUT2D eigenvalue weighted by Gasteiger charge is 2.07. The second-order valence-corrected chi connectivity index (χ2v) is 3.82. The second kappa shape index (κ2) is 4.63. The number of nitrogens with zero attached hydrogens (tertiary/aromatic N) is 2. The molecule has 0 bridgehead atoms. The van der Waals surface area contributed by atoms with E-state index in [9.17, 15) is 4.39 Å². The van der Waals surface area contributed by atoms with Crippen molar-refractivity contribution in [3.05, 3.63) is 52.6 Å². The van der Waals surface area contributed by atoms with Crippen LogP contribution in [0.2, 0.25) is 5.02 Å². The fourth-order valence-corrected chi connectivity index (χ4v) is 1.61. The van der Waals surface area contributed by atoms with E-state index < -0.39 is 5.82 Å². The van der Waals surface area contributed by atoms with Gasteiger partial charge in [-0.05, 0) is 6.07 Å². The summed E-state index contributed by atoms with van der Waals surface area (Å²) >= 11 is 5.67. The van der Waals surface area contributed by atoms with Crippen LogP contribution in [0, 0.1) is 5.82 Å². The molecule has 0 spiro atoms. The van der Waals surface area contributed by atoms with E-state index in [1.54, 1.807) is 29.2 Å². The summed E-state index contributed by atoms with van der Waals surface area (Å²) in [6.07, 6.45) is 3.21. The lowest BCUT2D eigenvalue weighted by Gasteiger charge is -2.04. The Hall–Kier alpha value is -1.39. The van der Waals surface area contributed by atoms with Crippen molar-refractivity contribution in [1.82, 2.24) is 9.78 Å². The van der Waals surface area contributed by atoms with Gasteiger partial charge in [-0.2, -0.15) is 5.10 Å². The van der Waals surface area contributed by atoms with Gasteiger partial charge in [0.25, 0.3) is 0 Å². The monoisotopic (exact) mass is 240 g/mol. The van der Waals surface area contributed by atoms with Gasteiger partial charge < -0.3 is 5.11 Å². The van der Waals surface area contributed by atoms with Crippen molar-refractivity contribution in [2.24, 2.45) is 0 Å². The number of benzene rings is 1. The maximum absolute atomic E-state index is 13.6. The fraction of sp³-hybridized carbons (Fsp3) is 0.182. The molecule has 0 radical (unpaired) electrons. The molecule has 0 aliphatic heterocycles. The first kappa shape index (κ1) is 11.1. The zero-order valence-corrected chi connectivity index (χ0v) is 9.15. The Morgan fingerprint density at radius 1 is 1.44 bits per heavy atom. The Kier molecular flexibility index (Phi) is 3.22. The van der Waals surface area contributed by atoms with Crippen LogP contribution in [0.4, 0.5) is 4.39 Å². The van der Waals surface area contributed by atoms with Gasteiger partial charge in [0, 0.05) is 17.3 Å². The van der Waals surface area contributed by atoms with Crippen molar-refractivity contribution in [3.8, 4) is 0 Å². The van der Waals surface area contributed by atoms with Crippen LogP contribution in [0.1, 0.15) is 11.1 Å². The lowest BCUT2D eigenvalue weighted by Crippen LogP contribution is -2.02. The predicted octanol–water partition coefficient (Wildman–Crippen LogP) is 2.22. The van der Waals surface area contributed by atoms with Gasteiger partial charge in [-0.25, -0.2) is 4.39 Å². The van der Waals surface area contributed by atoms with Crippen LogP contribution in [-0.2, 0) is 13.2 Å². The molecular weight excluding hydrogens is 231 g/mol. The van der Waals surface area contributed by atoms with Gasteiger partial charge in [-0.3, -0.25) is 4.68 Å². The van der Waals surface area contributed by atoms with Crippen LogP contribution >= 0.6 is 11.6 Å². The number of rotatable bonds is 3. The van der Waals surface area contributed by atoms with Gasteiger partial charge in [0.15, 0.2) is 0 Å². The molecule has 2 aromatic rings. The molecule has 0 amide bonds. The number of aliphatic hydroxyl groups excluding tert-OH is 1. The van der Waals surface area contributed by atoms with E-state index in [1.165, 1.54) is 6.07 Å². The first-order valence-corrected chi connectivity index (χ1v) is 5.13. The summed E-state index contributed by atoms with van der Waals surface area (Å²) in [4.78, 5) is 0. The molecule has 0 saturated heterocycles. The molecule has 0 atom stereocenters. The third-order valence-electron chi connectivity index (χ3n) is 2.23. The van der Waals surface area contributed by atoms with Crippen LogP contribution in [0.3, 0.4) is 0 Å². The van der Waals surface area contributed by atoms with Crippen molar-refractivity contribution in [1.29, 1.82) is 0 Å². The third kappa shape index (κ3) is 2.23. The van der Waals surface area contributed by atoms with E-state index in [1.807, 2.05) is 0 Å². The van der Waals surface area contributed by atoms with Crippen molar-refractivity contribution in [2.75, 3.05) is 0 Å². The minimum Gasteiger partial charge on any atom is -0.392 e. The van der Waals surface area contributed by atoms with Gasteiger partial charge >= 0.3 is 0 Å². The predicted molar refractivity (Wildman–Crippen MR) is 58.7 cm³/mol. The fourth-order valence-electron chi connectivity index (χ4n) is 1.42. The molecule has 5 heteroatoms. The molecule has 0 fully saturated rings. The van der Waals surface area contributed by atoms with Crippen molar-refractivity contribution < 1.29 is 9.50 Å². The zero-order chi connectivity index (χ0) is 11.5. The van der Waals surface area contributed by atoms with E-state index in [2.05, 4.69) is 5.10 Å². The van der Waals surface area contributed by atoms with Crippen LogP contribution in [0.15, 0.2) is 30.6 Å². The van der Waals surface area contributed by atoms with E-state index in [0.717, 1.165) is 0 Å². The maximum atomic E-state index is 13.6. The normalized spacial score (nSPS) is 10.7. The van der Waals surface area contributed by atoms with Gasteiger partial charge in [-0.1, -0.05) is 23.7 Å². The Morgan fingerprint density at radius 3 is 2.94 bits per heavy atom. The first-order valence-electron chi connectivity index (χ1n) is 4.76. The smallest absolute Gasteiger partial charge is 0.146 e. The molecular formula is C11H10ClFN2O. The topological polar surface area (TPSA) is 38.1 Å². The molecule has 1 N–H and O–H groups in total. The summed E-state index contributed by atoms with van der Waals surface area (Å²) in [5.41, 5.74) is 1.17. The molecule has 0 aliphatic carbocycles. The average Bonchev–Trinajstić information content (AvgIpc) is 2.73. The molecule has 3 nitrogen and oxygen atoms in total. The summed E-state index contributed by atoms with van der Waals surface area (Å²) in [6, 6.07) is 4.85. The summed E-state index contributed by atoms with van der Waals surface area (Å²) < 4.78 is 15.1. The second-order valence-electron chi connectivity index (χ2n) is 3.42. The highest BCUT2D eigenvalue weighted by molar-refractivity contribution is 6.30. The summed E-state index contributed by atoms with van der Waals surface area (Å²) in [5.74, 6) is -0.426. The number of halogens is 2. The highest BCUT2D eigenvalue weighted by atomic mass is 35.5. The molecule has 16 heavy (non-hydrogen) atoms. The molecule has 2 rings (SSSR count). The van der Waals surface area contributed by atoms with E-state index in [-0.39, 0.29) is 11.6 Å². The van der Waals surface area contributed by atoms with Gasteiger partial charge in [-0.15, -0.1) is 0 Å². The lowest BCUT2D eigenvalue weighted by atomic mass is 10.2. The standard InChI is InChI=1S/C11H10ClFN2O/c12-10-3-1-2-9(11(10)13)6-15-5-8(7-16)4-14-15/h1-5,16H,6-7H2. The Balaban J connectivity index is 2.23. The van der Waals surface area contributed by atoms with E-state index in [4.69, 9.17) is 16.7 Å². The average molecular weight is 241 g/mol. The molecule has 1 aromatic heterocycles. The zero-order valence-electron chi connectivity index (χ0n) is 8.40. The van der Waals surface area contributed by atoms with Crippen LogP contribution in [-0.4, -0.2) is 14.9 Å². The molecule has 0 aliphatic rings. The van der Waals surface area contributed by atoms with Crippen LogP contribution < -0.4 is 0 Å². The van der Waals surface area contributed by atoms with E-state index >= 15 is 0 Å². The first-order chi connectivity index (χ1) is 7.70. The number of hydrogen-bond donors (Lipinski definition) is 1. The quantitative estimate of drug-likeness (QED) is 0.893. The Labute approximate surface area is 97.1 Å². The van der Waals surface area contributed by atoms with Gasteiger partial charge in [0.2, 0.25) is 0 Å². The highest BCUT2D eigenvalue weighted by Crippen LogP contribution is 2.18. The number of aliphatic hydroxyl groups is 1. The lowest BCUT2D eigenvalue weighted by molar-refractivity contribution is 0.281. The van der Waals surface area contributed by atoms with Crippen LogP contribution in [0.5, 0.6) is 0 Å². The Morgan fingerprint density at radius 2 is 2.25 bits per heavy atom. The molecule has 1 aromatic carbocycles. The largest absolute Gasteiger partial charge is 0.392 e. The van der Waals surface area contributed by atoms with Gasteiger partial charge in [0.05, 0.1) is 24.4 Å². The SMILES string of the molecule is OCc1cnn(Cc2cccc(Cl)c2F)c1. The number of aromatic nitrogens is 2. The van der Waals surface area contributed by atoms with Crippen molar-refractivity contribution >= 4 is 11.6 Å². The van der Waals surface area contributed by atoms with Gasteiger partial charge in [0.1, 0.15) is 5.82 Å². The summed E-state index contributed by atoms with van der Waals surface area (Å²) in [7, 11) is 0.